The number of aryl methyl sites for hydroxylation is 1. The summed E-state index contributed by atoms with van der Waals surface area (Å²) in [6.07, 6.45) is 3.26. The zero-order valence-corrected chi connectivity index (χ0v) is 7.31. The Morgan fingerprint density at radius 2 is 2.36 bits per heavy atom. The molecule has 0 aliphatic rings. The highest BCUT2D eigenvalue weighted by atomic mass is 32.2. The lowest BCUT2D eigenvalue weighted by Crippen LogP contribution is -2.02. The summed E-state index contributed by atoms with van der Waals surface area (Å²) < 4.78 is 13.4. The highest BCUT2D eigenvalue weighted by molar-refractivity contribution is 7.85. The molecule has 0 amide bonds. The van der Waals surface area contributed by atoms with Gasteiger partial charge in [0, 0.05) is 12.5 Å². The summed E-state index contributed by atoms with van der Waals surface area (Å²) in [6.45, 7) is 1.96. The van der Waals surface area contributed by atoms with Crippen LogP contribution in [0.3, 0.4) is 0 Å². The number of anilines is 1. The topological polar surface area (TPSA) is 42.0 Å². The minimum Gasteiger partial charge on any atom is -0.290 e. The molecular formula is C7H10N2OS. The van der Waals surface area contributed by atoms with E-state index in [4.69, 9.17) is 0 Å². The van der Waals surface area contributed by atoms with Gasteiger partial charge < -0.3 is 0 Å². The van der Waals surface area contributed by atoms with Gasteiger partial charge in [0.05, 0.1) is 0 Å². The normalized spacial score (nSPS) is 12.5. The Balaban J connectivity index is 2.79. The van der Waals surface area contributed by atoms with Crippen LogP contribution in [0, 0.1) is 6.92 Å². The molecule has 1 heterocycles. The van der Waals surface area contributed by atoms with Gasteiger partial charge in [-0.25, -0.2) is 9.19 Å². The Kier molecular flexibility index (Phi) is 2.59. The summed E-state index contributed by atoms with van der Waals surface area (Å²) in [5.41, 5.74) is 1.10. The molecule has 0 fully saturated rings. The van der Waals surface area contributed by atoms with Crippen LogP contribution in [-0.2, 0) is 11.0 Å². The van der Waals surface area contributed by atoms with E-state index in [-0.39, 0.29) is 0 Å². The van der Waals surface area contributed by atoms with E-state index in [0.717, 1.165) is 5.56 Å². The summed E-state index contributed by atoms with van der Waals surface area (Å²) in [5.74, 6) is 0.658. The predicted molar refractivity (Wildman–Crippen MR) is 46.7 cm³/mol. The molecule has 1 rings (SSSR count). The van der Waals surface area contributed by atoms with Crippen molar-refractivity contribution in [3.05, 3.63) is 23.9 Å². The van der Waals surface area contributed by atoms with E-state index >= 15 is 0 Å². The number of pyridine rings is 1. The van der Waals surface area contributed by atoms with E-state index in [0.29, 0.717) is 5.82 Å². The number of nitrogens with one attached hydrogen (secondary N) is 1. The Hall–Kier alpha value is -0.900. The molecule has 0 aromatic carbocycles. The van der Waals surface area contributed by atoms with Crippen LogP contribution >= 0.6 is 0 Å². The maximum Gasteiger partial charge on any atom is 0.137 e. The Bertz CT molecular complexity index is 275. The van der Waals surface area contributed by atoms with Crippen LogP contribution in [-0.4, -0.2) is 15.4 Å². The fourth-order valence-corrected chi connectivity index (χ4v) is 1.15. The zero-order valence-electron chi connectivity index (χ0n) is 6.50. The molecule has 0 saturated carbocycles. The van der Waals surface area contributed by atoms with Gasteiger partial charge in [-0.3, -0.25) is 4.72 Å². The second-order valence-corrected chi connectivity index (χ2v) is 3.39. The van der Waals surface area contributed by atoms with Gasteiger partial charge in [0.2, 0.25) is 0 Å². The summed E-state index contributed by atoms with van der Waals surface area (Å²) >= 11 is 0. The average molecular weight is 170 g/mol. The molecular weight excluding hydrogens is 160 g/mol. The molecule has 60 valence electrons. The van der Waals surface area contributed by atoms with E-state index in [9.17, 15) is 4.21 Å². The van der Waals surface area contributed by atoms with Crippen LogP contribution in [0.4, 0.5) is 5.82 Å². The van der Waals surface area contributed by atoms with Gasteiger partial charge in [-0.15, -0.1) is 0 Å². The van der Waals surface area contributed by atoms with Crippen LogP contribution < -0.4 is 4.72 Å². The van der Waals surface area contributed by atoms with E-state index in [1.807, 2.05) is 19.1 Å². The van der Waals surface area contributed by atoms with Gasteiger partial charge in [0.15, 0.2) is 0 Å². The lowest BCUT2D eigenvalue weighted by molar-refractivity contribution is 0.689. The fourth-order valence-electron chi connectivity index (χ4n) is 0.739. The molecule has 0 saturated heterocycles. The van der Waals surface area contributed by atoms with Crippen molar-refractivity contribution >= 4 is 16.8 Å². The van der Waals surface area contributed by atoms with E-state index in [1.54, 1.807) is 12.5 Å². The van der Waals surface area contributed by atoms with Crippen LogP contribution in [0.25, 0.3) is 0 Å². The van der Waals surface area contributed by atoms with Crippen LogP contribution in [0.5, 0.6) is 0 Å². The summed E-state index contributed by atoms with van der Waals surface area (Å²) in [5, 5.41) is 0. The fraction of sp³-hybridized carbons (Fsp3) is 0.286. The molecule has 1 aromatic heterocycles. The molecule has 0 radical (unpaired) electrons. The first kappa shape index (κ1) is 8.20. The van der Waals surface area contributed by atoms with Crippen LogP contribution in [0.1, 0.15) is 5.56 Å². The maximum atomic E-state index is 10.7. The van der Waals surface area contributed by atoms with Crippen molar-refractivity contribution < 1.29 is 4.21 Å². The Morgan fingerprint density at radius 3 is 2.91 bits per heavy atom. The van der Waals surface area contributed by atoms with Gasteiger partial charge in [0.25, 0.3) is 0 Å². The molecule has 11 heavy (non-hydrogen) atoms. The lowest BCUT2D eigenvalue weighted by Gasteiger charge is -2.00. The third-order valence-corrected chi connectivity index (χ3v) is 1.66. The predicted octanol–water partition coefficient (Wildman–Crippen LogP) is 1.10. The minimum atomic E-state index is -1.04. The average Bonchev–Trinajstić information content (AvgIpc) is 1.85. The second-order valence-electron chi connectivity index (χ2n) is 2.27. The summed E-state index contributed by atoms with van der Waals surface area (Å²) in [7, 11) is -1.04. The minimum absolute atomic E-state index is 0.658. The smallest absolute Gasteiger partial charge is 0.137 e. The SMILES string of the molecule is Cc1ccnc(NS(C)=O)c1. The van der Waals surface area contributed by atoms with Gasteiger partial charge in [-0.1, -0.05) is 0 Å². The Morgan fingerprint density at radius 1 is 1.64 bits per heavy atom. The van der Waals surface area contributed by atoms with Gasteiger partial charge in [-0.05, 0) is 24.6 Å². The van der Waals surface area contributed by atoms with E-state index in [1.165, 1.54) is 0 Å². The molecule has 1 unspecified atom stereocenters. The van der Waals surface area contributed by atoms with Crippen molar-refractivity contribution in [3.8, 4) is 0 Å². The number of hydrogen-bond donors (Lipinski definition) is 1. The second kappa shape index (κ2) is 3.48. The third kappa shape index (κ3) is 2.67. The largest absolute Gasteiger partial charge is 0.290 e. The quantitative estimate of drug-likeness (QED) is 0.722. The zero-order chi connectivity index (χ0) is 8.27. The molecule has 1 N–H and O–H groups in total. The molecule has 1 atom stereocenters. The number of hydrogen-bond acceptors (Lipinski definition) is 2. The van der Waals surface area contributed by atoms with E-state index < -0.39 is 11.0 Å². The first-order valence-electron chi connectivity index (χ1n) is 3.21. The van der Waals surface area contributed by atoms with Crippen LogP contribution in [0.2, 0.25) is 0 Å². The molecule has 0 aliphatic heterocycles. The molecule has 4 heteroatoms. The van der Waals surface area contributed by atoms with Crippen LogP contribution in [0.15, 0.2) is 18.3 Å². The highest BCUT2D eigenvalue weighted by Crippen LogP contribution is 2.04. The van der Waals surface area contributed by atoms with Crippen molar-refractivity contribution in [2.24, 2.45) is 0 Å². The van der Waals surface area contributed by atoms with Crippen molar-refractivity contribution in [3.63, 3.8) is 0 Å². The maximum absolute atomic E-state index is 10.7. The number of nitrogens with zero attached hydrogens (tertiary/aromatic N) is 1. The molecule has 0 aliphatic carbocycles. The molecule has 1 aromatic rings. The van der Waals surface area contributed by atoms with Gasteiger partial charge in [-0.2, -0.15) is 0 Å². The first-order valence-corrected chi connectivity index (χ1v) is 4.77. The number of aromatic nitrogens is 1. The highest BCUT2D eigenvalue weighted by Gasteiger charge is 1.93. The molecule has 0 bridgehead atoms. The summed E-state index contributed by atoms with van der Waals surface area (Å²) in [4.78, 5) is 3.98. The van der Waals surface area contributed by atoms with Crippen molar-refractivity contribution in [2.75, 3.05) is 11.0 Å². The monoisotopic (exact) mass is 170 g/mol. The van der Waals surface area contributed by atoms with Crippen molar-refractivity contribution in [1.29, 1.82) is 0 Å². The third-order valence-electron chi connectivity index (χ3n) is 1.16. The van der Waals surface area contributed by atoms with E-state index in [2.05, 4.69) is 9.71 Å². The Labute approximate surface area is 68.4 Å². The molecule has 0 spiro atoms. The van der Waals surface area contributed by atoms with Gasteiger partial charge >= 0.3 is 0 Å². The van der Waals surface area contributed by atoms with Gasteiger partial charge in [0.1, 0.15) is 16.8 Å². The van der Waals surface area contributed by atoms with Crippen molar-refractivity contribution in [2.45, 2.75) is 6.92 Å². The summed E-state index contributed by atoms with van der Waals surface area (Å²) in [6, 6.07) is 3.74. The first-order chi connectivity index (χ1) is 5.18. The standard InChI is InChI=1S/C7H10N2OS/c1-6-3-4-8-7(5-6)9-11(2)10/h3-5H,1-2H3,(H,8,9). The van der Waals surface area contributed by atoms with Crippen molar-refractivity contribution in [1.82, 2.24) is 4.98 Å². The lowest BCUT2D eigenvalue weighted by atomic mass is 10.3. The number of rotatable bonds is 2. The molecule has 3 nitrogen and oxygen atoms in total.